The first-order valence-electron chi connectivity index (χ1n) is 5.22. The highest BCUT2D eigenvalue weighted by molar-refractivity contribution is 9.11. The fraction of sp³-hybridized carbons (Fsp3) is 0.300. The highest BCUT2D eigenvalue weighted by atomic mass is 79.9. The van der Waals surface area contributed by atoms with Gasteiger partial charge in [-0.25, -0.2) is 18.1 Å². The molecule has 0 radical (unpaired) electrons. The van der Waals surface area contributed by atoms with Crippen LogP contribution in [0.2, 0.25) is 0 Å². The summed E-state index contributed by atoms with van der Waals surface area (Å²) in [5, 5.41) is 9.00. The summed E-state index contributed by atoms with van der Waals surface area (Å²) in [6.07, 6.45) is 1.52. The van der Waals surface area contributed by atoms with Gasteiger partial charge in [0.2, 0.25) is 15.9 Å². The zero-order valence-corrected chi connectivity index (χ0v) is 13.1. The number of halogens is 1. The maximum Gasteiger partial charge on any atom is 0.243 e. The van der Waals surface area contributed by atoms with Crippen LogP contribution in [0, 0.1) is 6.92 Å². The molecule has 0 aliphatic carbocycles. The Labute approximate surface area is 122 Å². The Morgan fingerprint density at radius 3 is 2.84 bits per heavy atom. The monoisotopic (exact) mass is 366 g/mol. The Hall–Kier alpha value is -0.740. The number of sulfonamides is 1. The van der Waals surface area contributed by atoms with E-state index in [-0.39, 0.29) is 18.0 Å². The fourth-order valence-electron chi connectivity index (χ4n) is 1.38. The van der Waals surface area contributed by atoms with Gasteiger partial charge in [0.15, 0.2) is 0 Å². The lowest BCUT2D eigenvalue weighted by Gasteiger charge is -2.03. The molecule has 0 bridgehead atoms. The molecule has 0 unspecified atom stereocenters. The predicted molar refractivity (Wildman–Crippen MR) is 73.2 cm³/mol. The molecular formula is C10H11BrN2O4S2. The first-order chi connectivity index (χ1) is 8.92. The molecule has 0 aliphatic rings. The van der Waals surface area contributed by atoms with Crippen LogP contribution in [0.4, 0.5) is 0 Å². The van der Waals surface area contributed by atoms with Gasteiger partial charge < -0.3 is 9.52 Å². The summed E-state index contributed by atoms with van der Waals surface area (Å²) in [5.41, 5.74) is 0. The van der Waals surface area contributed by atoms with Crippen molar-refractivity contribution >= 4 is 37.3 Å². The van der Waals surface area contributed by atoms with Crippen LogP contribution < -0.4 is 4.72 Å². The molecule has 104 valence electrons. The first kappa shape index (κ1) is 14.7. The van der Waals surface area contributed by atoms with E-state index in [1.54, 1.807) is 6.92 Å². The molecule has 2 aromatic rings. The summed E-state index contributed by atoms with van der Waals surface area (Å²) >= 11 is 4.35. The third-order valence-corrected chi connectivity index (χ3v) is 5.87. The molecule has 2 N–H and O–H groups in total. The molecule has 0 atom stereocenters. The van der Waals surface area contributed by atoms with E-state index < -0.39 is 10.0 Å². The molecule has 0 amide bonds. The van der Waals surface area contributed by atoms with Gasteiger partial charge in [0.05, 0.1) is 23.1 Å². The number of aliphatic hydroxyl groups is 1. The highest BCUT2D eigenvalue weighted by Crippen LogP contribution is 2.31. The lowest BCUT2D eigenvalue weighted by molar-refractivity contribution is 0.285. The van der Waals surface area contributed by atoms with Crippen molar-refractivity contribution in [1.29, 1.82) is 0 Å². The fourth-order valence-corrected chi connectivity index (χ4v) is 4.89. The third-order valence-electron chi connectivity index (χ3n) is 2.23. The van der Waals surface area contributed by atoms with Crippen LogP contribution in [0.25, 0.3) is 0 Å². The van der Waals surface area contributed by atoms with E-state index >= 15 is 0 Å². The van der Waals surface area contributed by atoms with Crippen molar-refractivity contribution in [3.63, 3.8) is 0 Å². The van der Waals surface area contributed by atoms with Crippen molar-refractivity contribution in [3.05, 3.63) is 32.6 Å². The van der Waals surface area contributed by atoms with Gasteiger partial charge in [0.1, 0.15) is 10.7 Å². The number of nitrogens with one attached hydrogen (secondary N) is 1. The Morgan fingerprint density at radius 2 is 2.32 bits per heavy atom. The molecule has 2 rings (SSSR count). The zero-order chi connectivity index (χ0) is 14.0. The number of thiophene rings is 1. The molecule has 0 spiro atoms. The second kappa shape index (κ2) is 5.71. The normalized spacial score (nSPS) is 11.9. The summed E-state index contributed by atoms with van der Waals surface area (Å²) in [5.74, 6) is 0.920. The largest absolute Gasteiger partial charge is 0.445 e. The number of aryl methyl sites for hydroxylation is 1. The van der Waals surface area contributed by atoms with Crippen LogP contribution in [0.3, 0.4) is 0 Å². The van der Waals surface area contributed by atoms with Crippen LogP contribution >= 0.6 is 27.3 Å². The number of aliphatic hydroxyl groups excluding tert-OH is 1. The molecule has 0 aliphatic heterocycles. The van der Waals surface area contributed by atoms with E-state index in [2.05, 4.69) is 25.6 Å². The van der Waals surface area contributed by atoms with Crippen molar-refractivity contribution in [3.8, 4) is 0 Å². The number of oxazole rings is 1. The van der Waals surface area contributed by atoms with E-state index in [9.17, 15) is 8.42 Å². The molecule has 2 aromatic heterocycles. The predicted octanol–water partition coefficient (Wildman–Crippen LogP) is 1.78. The lowest BCUT2D eigenvalue weighted by Crippen LogP contribution is -2.23. The van der Waals surface area contributed by atoms with Crippen LogP contribution in [0.1, 0.15) is 16.5 Å². The molecular weight excluding hydrogens is 356 g/mol. The van der Waals surface area contributed by atoms with Crippen molar-refractivity contribution in [2.75, 3.05) is 0 Å². The Balaban J connectivity index is 2.15. The first-order valence-corrected chi connectivity index (χ1v) is 8.31. The highest BCUT2D eigenvalue weighted by Gasteiger charge is 2.21. The van der Waals surface area contributed by atoms with Crippen molar-refractivity contribution in [1.82, 2.24) is 9.71 Å². The standard InChI is InChI=1S/C10H11BrN2O4S2/c1-6-3-12-9(17-6)4-13-19(15,16)8-2-7(5-14)18-10(8)11/h2-3,13-14H,4-5H2,1H3. The molecule has 9 heteroatoms. The number of hydrogen-bond acceptors (Lipinski definition) is 6. The van der Waals surface area contributed by atoms with Crippen LogP contribution in [0.5, 0.6) is 0 Å². The van der Waals surface area contributed by atoms with E-state index in [1.807, 2.05) is 0 Å². The topological polar surface area (TPSA) is 92.4 Å². The number of nitrogens with zero attached hydrogens (tertiary/aromatic N) is 1. The summed E-state index contributed by atoms with van der Waals surface area (Å²) in [7, 11) is -3.67. The van der Waals surface area contributed by atoms with Gasteiger partial charge in [-0.15, -0.1) is 11.3 Å². The number of hydrogen-bond donors (Lipinski definition) is 2. The third kappa shape index (κ3) is 3.42. The molecule has 2 heterocycles. The second-order valence-corrected chi connectivity index (χ2v) is 7.89. The van der Waals surface area contributed by atoms with Gasteiger partial charge in [0, 0.05) is 4.88 Å². The quantitative estimate of drug-likeness (QED) is 0.841. The Morgan fingerprint density at radius 1 is 1.58 bits per heavy atom. The van der Waals surface area contributed by atoms with E-state index in [4.69, 9.17) is 9.52 Å². The lowest BCUT2D eigenvalue weighted by atomic mass is 10.5. The molecule has 0 saturated heterocycles. The van der Waals surface area contributed by atoms with Crippen LogP contribution in [-0.2, 0) is 23.2 Å². The van der Waals surface area contributed by atoms with Gasteiger partial charge in [-0.3, -0.25) is 0 Å². The van der Waals surface area contributed by atoms with E-state index in [0.29, 0.717) is 20.3 Å². The minimum Gasteiger partial charge on any atom is -0.445 e. The second-order valence-electron chi connectivity index (χ2n) is 3.70. The van der Waals surface area contributed by atoms with Gasteiger partial charge in [0.25, 0.3) is 0 Å². The Bertz CT molecular complexity index is 678. The minimum atomic E-state index is -3.67. The molecule has 0 aromatic carbocycles. The van der Waals surface area contributed by atoms with Crippen molar-refractivity contribution < 1.29 is 17.9 Å². The zero-order valence-electron chi connectivity index (χ0n) is 9.88. The average molecular weight is 367 g/mol. The van der Waals surface area contributed by atoms with E-state index in [1.165, 1.54) is 23.6 Å². The van der Waals surface area contributed by atoms with Crippen LogP contribution in [0.15, 0.2) is 25.4 Å². The van der Waals surface area contributed by atoms with Gasteiger partial charge in [-0.1, -0.05) is 0 Å². The molecule has 6 nitrogen and oxygen atoms in total. The van der Waals surface area contributed by atoms with Gasteiger partial charge in [-0.2, -0.15) is 0 Å². The summed E-state index contributed by atoms with van der Waals surface area (Å²) in [6, 6.07) is 1.43. The van der Waals surface area contributed by atoms with Gasteiger partial charge in [-0.05, 0) is 28.9 Å². The summed E-state index contributed by atoms with van der Waals surface area (Å²) < 4.78 is 32.2. The summed E-state index contributed by atoms with van der Waals surface area (Å²) in [4.78, 5) is 4.58. The maximum atomic E-state index is 12.1. The van der Waals surface area contributed by atoms with Crippen molar-refractivity contribution in [2.24, 2.45) is 0 Å². The molecule has 0 fully saturated rings. The smallest absolute Gasteiger partial charge is 0.243 e. The Kier molecular flexibility index (Phi) is 4.41. The van der Waals surface area contributed by atoms with Crippen LogP contribution in [-0.4, -0.2) is 18.5 Å². The molecule has 0 saturated carbocycles. The summed E-state index contributed by atoms with van der Waals surface area (Å²) in [6.45, 7) is 1.51. The number of aromatic nitrogens is 1. The SMILES string of the molecule is Cc1cnc(CNS(=O)(=O)c2cc(CO)sc2Br)o1. The van der Waals surface area contributed by atoms with Crippen molar-refractivity contribution in [2.45, 2.75) is 25.0 Å². The minimum absolute atomic E-state index is 0.0209. The van der Waals surface area contributed by atoms with Gasteiger partial charge >= 0.3 is 0 Å². The van der Waals surface area contributed by atoms with E-state index in [0.717, 1.165) is 0 Å². The molecule has 19 heavy (non-hydrogen) atoms. The maximum absolute atomic E-state index is 12.1. The average Bonchev–Trinajstić information content (AvgIpc) is 2.93. The number of rotatable bonds is 5.